The lowest BCUT2D eigenvalue weighted by Gasteiger charge is -2.14. The third-order valence-electron chi connectivity index (χ3n) is 3.04. The number of benzene rings is 1. The SMILES string of the molecule is CC(CCc1ccco1)NC(=O)c1cc(Cl)ccc1N. The summed E-state index contributed by atoms with van der Waals surface area (Å²) in [7, 11) is 0. The number of nitrogens with two attached hydrogens (primary N) is 1. The summed E-state index contributed by atoms with van der Waals surface area (Å²) in [5, 5.41) is 3.40. The molecule has 0 spiro atoms. The zero-order valence-electron chi connectivity index (χ0n) is 11.2. The molecule has 0 fully saturated rings. The van der Waals surface area contributed by atoms with Crippen LogP contribution >= 0.6 is 11.6 Å². The lowest BCUT2D eigenvalue weighted by atomic mass is 10.1. The van der Waals surface area contributed by atoms with E-state index in [1.165, 1.54) is 0 Å². The lowest BCUT2D eigenvalue weighted by molar-refractivity contribution is 0.0939. The molecule has 0 radical (unpaired) electrons. The zero-order chi connectivity index (χ0) is 14.5. The smallest absolute Gasteiger partial charge is 0.253 e. The molecule has 20 heavy (non-hydrogen) atoms. The van der Waals surface area contributed by atoms with Gasteiger partial charge in [0, 0.05) is 23.2 Å². The number of nitrogens with one attached hydrogen (secondary N) is 1. The van der Waals surface area contributed by atoms with Gasteiger partial charge in [-0.15, -0.1) is 0 Å². The van der Waals surface area contributed by atoms with E-state index in [0.717, 1.165) is 18.6 Å². The van der Waals surface area contributed by atoms with Crippen molar-refractivity contribution in [2.45, 2.75) is 25.8 Å². The van der Waals surface area contributed by atoms with Gasteiger partial charge in [-0.2, -0.15) is 0 Å². The van der Waals surface area contributed by atoms with E-state index in [1.54, 1.807) is 24.5 Å². The van der Waals surface area contributed by atoms with Crippen LogP contribution in [0.4, 0.5) is 5.69 Å². The molecule has 2 aromatic rings. The minimum absolute atomic E-state index is 0.0194. The van der Waals surface area contributed by atoms with Gasteiger partial charge in [-0.25, -0.2) is 0 Å². The molecule has 0 aliphatic heterocycles. The van der Waals surface area contributed by atoms with Gasteiger partial charge < -0.3 is 15.5 Å². The van der Waals surface area contributed by atoms with E-state index in [1.807, 2.05) is 19.1 Å². The maximum atomic E-state index is 12.1. The number of rotatable bonds is 5. The summed E-state index contributed by atoms with van der Waals surface area (Å²) in [6, 6.07) is 8.66. The number of halogens is 1. The summed E-state index contributed by atoms with van der Waals surface area (Å²) in [5.41, 5.74) is 6.61. The van der Waals surface area contributed by atoms with Crippen LogP contribution in [-0.4, -0.2) is 11.9 Å². The Morgan fingerprint density at radius 2 is 2.25 bits per heavy atom. The number of anilines is 1. The van der Waals surface area contributed by atoms with Gasteiger partial charge in [0.25, 0.3) is 5.91 Å². The Morgan fingerprint density at radius 3 is 2.95 bits per heavy atom. The minimum atomic E-state index is -0.211. The summed E-state index contributed by atoms with van der Waals surface area (Å²) in [4.78, 5) is 12.1. The fraction of sp³-hybridized carbons (Fsp3) is 0.267. The Morgan fingerprint density at radius 1 is 1.45 bits per heavy atom. The molecule has 3 N–H and O–H groups in total. The van der Waals surface area contributed by atoms with Crippen molar-refractivity contribution in [1.82, 2.24) is 5.32 Å². The highest BCUT2D eigenvalue weighted by molar-refractivity contribution is 6.31. The maximum Gasteiger partial charge on any atom is 0.253 e. The summed E-state index contributed by atoms with van der Waals surface area (Å²) in [5.74, 6) is 0.699. The molecule has 1 atom stereocenters. The average Bonchev–Trinajstić information content (AvgIpc) is 2.92. The highest BCUT2D eigenvalue weighted by atomic mass is 35.5. The second-order valence-electron chi connectivity index (χ2n) is 4.72. The molecule has 0 saturated carbocycles. The standard InChI is InChI=1S/C15H17ClN2O2/c1-10(4-6-12-3-2-8-20-12)18-15(19)13-9-11(16)5-7-14(13)17/h2-3,5,7-10H,4,6,17H2,1H3,(H,18,19). The Kier molecular flexibility index (Phi) is 4.69. The molecule has 1 aromatic heterocycles. The Hall–Kier alpha value is -1.94. The molecule has 1 unspecified atom stereocenters. The first-order valence-corrected chi connectivity index (χ1v) is 6.82. The van der Waals surface area contributed by atoms with Crippen molar-refractivity contribution in [3.8, 4) is 0 Å². The third kappa shape index (κ3) is 3.78. The normalized spacial score (nSPS) is 12.1. The fourth-order valence-corrected chi connectivity index (χ4v) is 2.08. The average molecular weight is 293 g/mol. The third-order valence-corrected chi connectivity index (χ3v) is 3.28. The van der Waals surface area contributed by atoms with Crippen LogP contribution in [0.1, 0.15) is 29.5 Å². The second-order valence-corrected chi connectivity index (χ2v) is 5.16. The molecular weight excluding hydrogens is 276 g/mol. The number of carbonyl (C=O) groups excluding carboxylic acids is 1. The zero-order valence-corrected chi connectivity index (χ0v) is 12.0. The lowest BCUT2D eigenvalue weighted by Crippen LogP contribution is -2.33. The monoisotopic (exact) mass is 292 g/mol. The molecule has 0 bridgehead atoms. The van der Waals surface area contributed by atoms with Gasteiger partial charge in [-0.1, -0.05) is 11.6 Å². The highest BCUT2D eigenvalue weighted by Crippen LogP contribution is 2.18. The number of aryl methyl sites for hydroxylation is 1. The van der Waals surface area contributed by atoms with Crippen molar-refractivity contribution < 1.29 is 9.21 Å². The van der Waals surface area contributed by atoms with E-state index >= 15 is 0 Å². The molecule has 4 nitrogen and oxygen atoms in total. The molecular formula is C15H17ClN2O2. The summed E-state index contributed by atoms with van der Waals surface area (Å²) < 4.78 is 5.26. The predicted molar refractivity (Wildman–Crippen MR) is 79.8 cm³/mol. The molecule has 106 valence electrons. The van der Waals surface area contributed by atoms with E-state index in [0.29, 0.717) is 16.3 Å². The van der Waals surface area contributed by atoms with Crippen LogP contribution in [0.25, 0.3) is 0 Å². The Labute approximate surface area is 122 Å². The molecule has 0 aliphatic carbocycles. The van der Waals surface area contributed by atoms with Crippen molar-refractivity contribution in [3.63, 3.8) is 0 Å². The van der Waals surface area contributed by atoms with Crippen molar-refractivity contribution in [3.05, 3.63) is 52.9 Å². The minimum Gasteiger partial charge on any atom is -0.469 e. The van der Waals surface area contributed by atoms with Crippen LogP contribution < -0.4 is 11.1 Å². The van der Waals surface area contributed by atoms with Gasteiger partial charge in [0.2, 0.25) is 0 Å². The van der Waals surface area contributed by atoms with Gasteiger partial charge in [-0.05, 0) is 43.7 Å². The number of hydrogen-bond acceptors (Lipinski definition) is 3. The van der Waals surface area contributed by atoms with E-state index in [2.05, 4.69) is 5.32 Å². The van der Waals surface area contributed by atoms with Crippen LogP contribution in [0, 0.1) is 0 Å². The van der Waals surface area contributed by atoms with Gasteiger partial charge in [0.15, 0.2) is 0 Å². The van der Waals surface area contributed by atoms with Gasteiger partial charge in [0.05, 0.1) is 11.8 Å². The van der Waals surface area contributed by atoms with Crippen molar-refractivity contribution in [1.29, 1.82) is 0 Å². The number of amides is 1. The van der Waals surface area contributed by atoms with Gasteiger partial charge in [0.1, 0.15) is 5.76 Å². The summed E-state index contributed by atoms with van der Waals surface area (Å²) in [6.45, 7) is 1.95. The topological polar surface area (TPSA) is 68.3 Å². The van der Waals surface area contributed by atoms with Crippen molar-refractivity contribution in [2.75, 3.05) is 5.73 Å². The molecule has 1 amide bonds. The van der Waals surface area contributed by atoms with E-state index < -0.39 is 0 Å². The largest absolute Gasteiger partial charge is 0.469 e. The molecule has 0 saturated heterocycles. The first-order chi connectivity index (χ1) is 9.56. The van der Waals surface area contributed by atoms with Crippen LogP contribution in [-0.2, 0) is 6.42 Å². The quantitative estimate of drug-likeness (QED) is 0.831. The van der Waals surface area contributed by atoms with E-state index in [4.69, 9.17) is 21.8 Å². The first-order valence-electron chi connectivity index (χ1n) is 6.44. The molecule has 5 heteroatoms. The predicted octanol–water partition coefficient (Wildman–Crippen LogP) is 3.27. The highest BCUT2D eigenvalue weighted by Gasteiger charge is 2.13. The number of hydrogen-bond donors (Lipinski definition) is 2. The summed E-state index contributed by atoms with van der Waals surface area (Å²) in [6.07, 6.45) is 3.21. The molecule has 1 aromatic carbocycles. The maximum absolute atomic E-state index is 12.1. The van der Waals surface area contributed by atoms with E-state index in [9.17, 15) is 4.79 Å². The second kappa shape index (κ2) is 6.48. The van der Waals surface area contributed by atoms with Crippen molar-refractivity contribution >= 4 is 23.2 Å². The Bertz CT molecular complexity index is 582. The summed E-state index contributed by atoms with van der Waals surface area (Å²) >= 11 is 5.88. The van der Waals surface area contributed by atoms with Crippen LogP contribution in [0.5, 0.6) is 0 Å². The first kappa shape index (κ1) is 14.5. The van der Waals surface area contributed by atoms with Crippen LogP contribution in [0.2, 0.25) is 5.02 Å². The van der Waals surface area contributed by atoms with E-state index in [-0.39, 0.29) is 11.9 Å². The molecule has 1 heterocycles. The van der Waals surface area contributed by atoms with Gasteiger partial charge >= 0.3 is 0 Å². The molecule has 2 rings (SSSR count). The van der Waals surface area contributed by atoms with Crippen LogP contribution in [0.3, 0.4) is 0 Å². The number of carbonyl (C=O) groups is 1. The van der Waals surface area contributed by atoms with Crippen LogP contribution in [0.15, 0.2) is 41.0 Å². The molecule has 0 aliphatic rings. The van der Waals surface area contributed by atoms with Crippen molar-refractivity contribution in [2.24, 2.45) is 0 Å². The van der Waals surface area contributed by atoms with Gasteiger partial charge in [-0.3, -0.25) is 4.79 Å². The fourth-order valence-electron chi connectivity index (χ4n) is 1.91. The number of furan rings is 1. The number of nitrogen functional groups attached to an aromatic ring is 1. The Balaban J connectivity index is 1.91.